The zero-order valence-corrected chi connectivity index (χ0v) is 13.5. The lowest BCUT2D eigenvalue weighted by molar-refractivity contribution is 0.268. The molecule has 0 unspecified atom stereocenters. The van der Waals surface area contributed by atoms with Gasteiger partial charge in [-0.3, -0.25) is 0 Å². The number of ether oxygens (including phenoxy) is 1. The van der Waals surface area contributed by atoms with Crippen molar-refractivity contribution in [1.29, 1.82) is 0 Å². The van der Waals surface area contributed by atoms with E-state index in [4.69, 9.17) is 4.74 Å². The Hall–Kier alpha value is -1.11. The van der Waals surface area contributed by atoms with Gasteiger partial charge in [-0.05, 0) is 44.0 Å². The van der Waals surface area contributed by atoms with Gasteiger partial charge in [-0.2, -0.15) is 4.31 Å². The van der Waals surface area contributed by atoms with Crippen LogP contribution in [0, 0.1) is 5.92 Å². The van der Waals surface area contributed by atoms with E-state index in [9.17, 15) is 8.42 Å². The lowest BCUT2D eigenvalue weighted by Gasteiger charge is -2.31. The Balaban J connectivity index is 2.04. The first-order valence-electron chi connectivity index (χ1n) is 7.43. The number of rotatable bonds is 6. The second-order valence-corrected chi connectivity index (χ2v) is 7.27. The summed E-state index contributed by atoms with van der Waals surface area (Å²) in [6, 6.07) is 6.67. The number of nitrogens with zero attached hydrogens (tertiary/aromatic N) is 1. The van der Waals surface area contributed by atoms with Crippen molar-refractivity contribution < 1.29 is 13.2 Å². The van der Waals surface area contributed by atoms with E-state index in [0.29, 0.717) is 29.7 Å². The van der Waals surface area contributed by atoms with E-state index in [-0.39, 0.29) is 0 Å². The first kappa shape index (κ1) is 16.3. The van der Waals surface area contributed by atoms with Crippen LogP contribution in [0.2, 0.25) is 0 Å². The molecule has 0 bridgehead atoms. The first-order valence-corrected chi connectivity index (χ1v) is 8.87. The van der Waals surface area contributed by atoms with Gasteiger partial charge in [0.2, 0.25) is 10.0 Å². The third-order valence-corrected chi connectivity index (χ3v) is 5.83. The van der Waals surface area contributed by atoms with Crippen molar-refractivity contribution in [3.8, 4) is 5.75 Å². The SMILES string of the molecule is CCNCC1CCN(S(=O)(=O)c2cccc(OC)c2)CC1. The Morgan fingerprint density at radius 3 is 2.67 bits per heavy atom. The van der Waals surface area contributed by atoms with Crippen LogP contribution in [0.3, 0.4) is 0 Å². The molecule has 1 aromatic rings. The molecule has 1 aliphatic heterocycles. The molecule has 0 amide bonds. The van der Waals surface area contributed by atoms with E-state index in [1.54, 1.807) is 28.6 Å². The van der Waals surface area contributed by atoms with Crippen molar-refractivity contribution in [2.24, 2.45) is 5.92 Å². The fourth-order valence-electron chi connectivity index (χ4n) is 2.61. The molecule has 6 heteroatoms. The maximum absolute atomic E-state index is 12.6. The van der Waals surface area contributed by atoms with Crippen LogP contribution in [-0.4, -0.2) is 46.0 Å². The van der Waals surface area contributed by atoms with E-state index >= 15 is 0 Å². The number of nitrogens with one attached hydrogen (secondary N) is 1. The number of hydrogen-bond acceptors (Lipinski definition) is 4. The Morgan fingerprint density at radius 2 is 2.05 bits per heavy atom. The van der Waals surface area contributed by atoms with E-state index < -0.39 is 10.0 Å². The molecule has 0 aromatic heterocycles. The van der Waals surface area contributed by atoms with Gasteiger partial charge < -0.3 is 10.1 Å². The molecule has 0 aliphatic carbocycles. The van der Waals surface area contributed by atoms with Crippen LogP contribution in [0.25, 0.3) is 0 Å². The average molecular weight is 312 g/mol. The van der Waals surface area contributed by atoms with Gasteiger partial charge in [0.25, 0.3) is 0 Å². The van der Waals surface area contributed by atoms with Gasteiger partial charge in [0.1, 0.15) is 5.75 Å². The second kappa shape index (κ2) is 7.24. The second-order valence-electron chi connectivity index (χ2n) is 5.33. The number of hydrogen-bond donors (Lipinski definition) is 1. The number of benzene rings is 1. The average Bonchev–Trinajstić information content (AvgIpc) is 2.53. The van der Waals surface area contributed by atoms with Gasteiger partial charge in [-0.25, -0.2) is 8.42 Å². The van der Waals surface area contributed by atoms with E-state index in [1.807, 2.05) is 0 Å². The molecule has 0 atom stereocenters. The minimum Gasteiger partial charge on any atom is -0.497 e. The molecule has 21 heavy (non-hydrogen) atoms. The highest BCUT2D eigenvalue weighted by atomic mass is 32.2. The lowest BCUT2D eigenvalue weighted by atomic mass is 9.98. The molecule has 1 aliphatic rings. The van der Waals surface area contributed by atoms with Crippen molar-refractivity contribution in [2.45, 2.75) is 24.7 Å². The minimum atomic E-state index is -3.41. The van der Waals surface area contributed by atoms with Crippen LogP contribution in [0.4, 0.5) is 0 Å². The zero-order valence-electron chi connectivity index (χ0n) is 12.7. The lowest BCUT2D eigenvalue weighted by Crippen LogP contribution is -2.40. The third-order valence-electron chi connectivity index (χ3n) is 3.94. The fourth-order valence-corrected chi connectivity index (χ4v) is 4.12. The van der Waals surface area contributed by atoms with Crippen molar-refractivity contribution >= 4 is 10.0 Å². The summed E-state index contributed by atoms with van der Waals surface area (Å²) in [6.07, 6.45) is 1.83. The van der Waals surface area contributed by atoms with E-state index in [1.165, 1.54) is 7.11 Å². The fraction of sp³-hybridized carbons (Fsp3) is 0.600. The minimum absolute atomic E-state index is 0.312. The maximum atomic E-state index is 12.6. The van der Waals surface area contributed by atoms with Crippen LogP contribution < -0.4 is 10.1 Å². The summed E-state index contributed by atoms with van der Waals surface area (Å²) in [5, 5.41) is 3.33. The van der Waals surface area contributed by atoms with Crippen molar-refractivity contribution in [3.05, 3.63) is 24.3 Å². The standard InChI is InChI=1S/C15H24N2O3S/c1-3-16-12-13-7-9-17(10-8-13)21(18,19)15-6-4-5-14(11-15)20-2/h4-6,11,13,16H,3,7-10,12H2,1-2H3. The largest absolute Gasteiger partial charge is 0.497 e. The summed E-state index contributed by atoms with van der Waals surface area (Å²) in [5.41, 5.74) is 0. The molecule has 1 heterocycles. The topological polar surface area (TPSA) is 58.6 Å². The Labute approximate surface area is 127 Å². The predicted molar refractivity (Wildman–Crippen MR) is 83.0 cm³/mol. The molecule has 0 saturated carbocycles. The molecule has 118 valence electrons. The normalized spacial score (nSPS) is 17.8. The third kappa shape index (κ3) is 3.96. The van der Waals surface area contributed by atoms with Crippen molar-refractivity contribution in [1.82, 2.24) is 9.62 Å². The summed E-state index contributed by atoms with van der Waals surface area (Å²) < 4.78 is 32.0. The molecule has 5 nitrogen and oxygen atoms in total. The van der Waals surface area contributed by atoms with Gasteiger partial charge in [-0.15, -0.1) is 0 Å². The van der Waals surface area contributed by atoms with Crippen LogP contribution in [-0.2, 0) is 10.0 Å². The van der Waals surface area contributed by atoms with Gasteiger partial charge in [0.05, 0.1) is 12.0 Å². The number of sulfonamides is 1. The van der Waals surface area contributed by atoms with Gasteiger partial charge in [0, 0.05) is 19.2 Å². The molecular formula is C15H24N2O3S. The monoisotopic (exact) mass is 312 g/mol. The summed E-state index contributed by atoms with van der Waals surface area (Å²) in [5.74, 6) is 1.14. The summed E-state index contributed by atoms with van der Waals surface area (Å²) in [6.45, 7) is 5.21. The highest BCUT2D eigenvalue weighted by Gasteiger charge is 2.29. The van der Waals surface area contributed by atoms with E-state index in [2.05, 4.69) is 12.2 Å². The Bertz CT molecular complexity index is 552. The molecule has 0 radical (unpaired) electrons. The molecule has 1 fully saturated rings. The maximum Gasteiger partial charge on any atom is 0.243 e. The van der Waals surface area contributed by atoms with Gasteiger partial charge in [0.15, 0.2) is 0 Å². The molecular weight excluding hydrogens is 288 g/mol. The first-order chi connectivity index (χ1) is 10.1. The van der Waals surface area contributed by atoms with Gasteiger partial charge >= 0.3 is 0 Å². The van der Waals surface area contributed by atoms with E-state index in [0.717, 1.165) is 25.9 Å². The zero-order chi connectivity index (χ0) is 15.3. The summed E-state index contributed by atoms with van der Waals surface area (Å²) in [4.78, 5) is 0.312. The van der Waals surface area contributed by atoms with Crippen LogP contribution in [0.15, 0.2) is 29.2 Å². The van der Waals surface area contributed by atoms with Crippen molar-refractivity contribution in [3.63, 3.8) is 0 Å². The number of methoxy groups -OCH3 is 1. The summed E-state index contributed by atoms with van der Waals surface area (Å²) >= 11 is 0. The van der Waals surface area contributed by atoms with Crippen molar-refractivity contribution in [2.75, 3.05) is 33.3 Å². The predicted octanol–water partition coefficient (Wildman–Crippen LogP) is 1.71. The van der Waals surface area contributed by atoms with Crippen LogP contribution in [0.1, 0.15) is 19.8 Å². The van der Waals surface area contributed by atoms with Crippen LogP contribution >= 0.6 is 0 Å². The molecule has 1 saturated heterocycles. The molecule has 2 rings (SSSR count). The van der Waals surface area contributed by atoms with Gasteiger partial charge in [-0.1, -0.05) is 13.0 Å². The molecule has 1 N–H and O–H groups in total. The molecule has 0 spiro atoms. The highest BCUT2D eigenvalue weighted by Crippen LogP contribution is 2.25. The summed E-state index contributed by atoms with van der Waals surface area (Å²) in [7, 11) is -1.87. The highest BCUT2D eigenvalue weighted by molar-refractivity contribution is 7.89. The Kier molecular flexibility index (Phi) is 5.61. The smallest absolute Gasteiger partial charge is 0.243 e. The molecule has 1 aromatic carbocycles. The van der Waals surface area contributed by atoms with Crippen LogP contribution in [0.5, 0.6) is 5.75 Å². The number of piperidine rings is 1. The Morgan fingerprint density at radius 1 is 1.33 bits per heavy atom. The quantitative estimate of drug-likeness (QED) is 0.869.